The lowest BCUT2D eigenvalue weighted by Crippen LogP contribution is -2.25. The monoisotopic (exact) mass is 268 g/mol. The molecule has 1 aromatic carbocycles. The average Bonchev–Trinajstić information content (AvgIpc) is 3.06. The van der Waals surface area contributed by atoms with Crippen molar-refractivity contribution in [3.8, 4) is 0 Å². The molecule has 0 bridgehead atoms. The van der Waals surface area contributed by atoms with Crippen LogP contribution >= 0.6 is 0 Å². The number of rotatable bonds is 4. The lowest BCUT2D eigenvalue weighted by atomic mass is 10.1. The van der Waals surface area contributed by atoms with Crippen LogP contribution in [0.3, 0.4) is 0 Å². The largest absolute Gasteiger partial charge is 0.456 e. The smallest absolute Gasteiger partial charge is 0.287 e. The first kappa shape index (κ1) is 12.5. The summed E-state index contributed by atoms with van der Waals surface area (Å²) in [6.07, 6.45) is 2.78. The number of fused-ring (bicyclic) bond motifs is 1. The highest BCUT2D eigenvalue weighted by molar-refractivity contribution is 5.91. The zero-order chi connectivity index (χ0) is 13.9. The van der Waals surface area contributed by atoms with Gasteiger partial charge in [0.25, 0.3) is 5.91 Å². The minimum absolute atomic E-state index is 0.169. The minimum Gasteiger partial charge on any atom is -0.456 e. The third-order valence-electron chi connectivity index (χ3n) is 3.32. The van der Waals surface area contributed by atoms with E-state index in [4.69, 9.17) is 4.42 Å². The predicted molar refractivity (Wildman–Crippen MR) is 77.8 cm³/mol. The zero-order valence-corrected chi connectivity index (χ0v) is 11.3. The molecule has 102 valence electrons. The minimum atomic E-state index is -0.169. The predicted octanol–water partition coefficient (Wildman–Crippen LogP) is 3.04. The van der Waals surface area contributed by atoms with E-state index in [0.29, 0.717) is 12.3 Å². The number of furan rings is 1. The summed E-state index contributed by atoms with van der Waals surface area (Å²) in [5, 5.41) is 4.07. The van der Waals surface area contributed by atoms with Gasteiger partial charge in [-0.2, -0.15) is 0 Å². The van der Waals surface area contributed by atoms with Gasteiger partial charge < -0.3 is 14.7 Å². The van der Waals surface area contributed by atoms with E-state index >= 15 is 0 Å². The molecular formula is C16H16N2O2. The molecule has 20 heavy (non-hydrogen) atoms. The Bertz CT molecular complexity index is 740. The molecule has 0 aliphatic heterocycles. The third kappa shape index (κ3) is 2.45. The summed E-state index contributed by atoms with van der Waals surface area (Å²) in [4.78, 5) is 15.1. The molecule has 0 saturated carbocycles. The number of hydrogen-bond donors (Lipinski definition) is 2. The molecule has 0 fully saturated rings. The summed E-state index contributed by atoms with van der Waals surface area (Å²) < 4.78 is 5.29. The van der Waals surface area contributed by atoms with Gasteiger partial charge in [-0.1, -0.05) is 18.2 Å². The second-order valence-electron chi connectivity index (χ2n) is 4.78. The van der Waals surface area contributed by atoms with E-state index in [1.165, 1.54) is 10.9 Å². The van der Waals surface area contributed by atoms with E-state index in [2.05, 4.69) is 16.4 Å². The molecule has 0 radical (unpaired) electrons. The van der Waals surface area contributed by atoms with Crippen LogP contribution in [0.1, 0.15) is 21.9 Å². The summed E-state index contributed by atoms with van der Waals surface area (Å²) in [5.41, 5.74) is 2.33. The number of carbonyl (C=O) groups is 1. The molecule has 2 heterocycles. The van der Waals surface area contributed by atoms with Crippen molar-refractivity contribution < 1.29 is 9.21 Å². The summed E-state index contributed by atoms with van der Waals surface area (Å²) in [6.45, 7) is 2.41. The molecule has 0 unspecified atom stereocenters. The van der Waals surface area contributed by atoms with Gasteiger partial charge in [-0.3, -0.25) is 4.79 Å². The van der Waals surface area contributed by atoms with Crippen molar-refractivity contribution >= 4 is 16.8 Å². The van der Waals surface area contributed by atoms with Crippen LogP contribution in [0, 0.1) is 6.92 Å². The van der Waals surface area contributed by atoms with Gasteiger partial charge in [-0.15, -0.1) is 0 Å². The second-order valence-corrected chi connectivity index (χ2v) is 4.78. The van der Waals surface area contributed by atoms with E-state index in [0.717, 1.165) is 17.7 Å². The number of benzene rings is 1. The molecule has 4 heteroatoms. The van der Waals surface area contributed by atoms with Crippen molar-refractivity contribution in [1.82, 2.24) is 10.3 Å². The number of aryl methyl sites for hydroxylation is 1. The highest BCUT2D eigenvalue weighted by Crippen LogP contribution is 2.17. The van der Waals surface area contributed by atoms with E-state index in [1.807, 2.05) is 31.3 Å². The number of aromatic amines is 1. The van der Waals surface area contributed by atoms with Gasteiger partial charge in [0.05, 0.1) is 0 Å². The summed E-state index contributed by atoms with van der Waals surface area (Å²) in [7, 11) is 0. The van der Waals surface area contributed by atoms with Crippen molar-refractivity contribution in [2.45, 2.75) is 13.3 Å². The maximum Gasteiger partial charge on any atom is 0.287 e. The number of nitrogens with one attached hydrogen (secondary N) is 2. The van der Waals surface area contributed by atoms with Crippen molar-refractivity contribution in [3.63, 3.8) is 0 Å². The van der Waals surface area contributed by atoms with Crippen molar-refractivity contribution in [1.29, 1.82) is 0 Å². The zero-order valence-electron chi connectivity index (χ0n) is 11.3. The lowest BCUT2D eigenvalue weighted by molar-refractivity contribution is 0.0925. The fraction of sp³-hybridized carbons (Fsp3) is 0.188. The van der Waals surface area contributed by atoms with Crippen LogP contribution in [0.5, 0.6) is 0 Å². The van der Waals surface area contributed by atoms with Crippen LogP contribution in [-0.4, -0.2) is 17.4 Å². The maximum absolute atomic E-state index is 11.8. The normalized spacial score (nSPS) is 10.8. The van der Waals surface area contributed by atoms with E-state index in [-0.39, 0.29) is 5.91 Å². The van der Waals surface area contributed by atoms with E-state index < -0.39 is 0 Å². The fourth-order valence-electron chi connectivity index (χ4n) is 2.29. The molecule has 0 atom stereocenters. The van der Waals surface area contributed by atoms with Gasteiger partial charge in [-0.05, 0) is 37.1 Å². The topological polar surface area (TPSA) is 58.0 Å². The highest BCUT2D eigenvalue weighted by Gasteiger charge is 2.09. The highest BCUT2D eigenvalue weighted by atomic mass is 16.3. The second kappa shape index (κ2) is 5.25. The Balaban J connectivity index is 1.61. The van der Waals surface area contributed by atoms with Crippen LogP contribution in [-0.2, 0) is 6.42 Å². The van der Waals surface area contributed by atoms with Gasteiger partial charge >= 0.3 is 0 Å². The molecule has 0 aliphatic rings. The number of para-hydroxylation sites is 1. The molecule has 1 amide bonds. The molecule has 3 aromatic rings. The molecule has 2 aromatic heterocycles. The van der Waals surface area contributed by atoms with Crippen LogP contribution in [0.25, 0.3) is 10.9 Å². The van der Waals surface area contributed by atoms with Gasteiger partial charge in [0.1, 0.15) is 5.76 Å². The number of hydrogen-bond acceptors (Lipinski definition) is 2. The fourth-order valence-corrected chi connectivity index (χ4v) is 2.29. The quantitative estimate of drug-likeness (QED) is 0.764. The van der Waals surface area contributed by atoms with Gasteiger partial charge in [0.2, 0.25) is 0 Å². The number of aromatic nitrogens is 1. The maximum atomic E-state index is 11.8. The Morgan fingerprint density at radius 2 is 2.10 bits per heavy atom. The van der Waals surface area contributed by atoms with Crippen LogP contribution in [0.2, 0.25) is 0 Å². The molecule has 0 spiro atoms. The van der Waals surface area contributed by atoms with Gasteiger partial charge in [0.15, 0.2) is 5.76 Å². The Morgan fingerprint density at radius 1 is 1.25 bits per heavy atom. The van der Waals surface area contributed by atoms with Crippen LogP contribution in [0.4, 0.5) is 0 Å². The molecule has 4 nitrogen and oxygen atoms in total. The first-order valence-corrected chi connectivity index (χ1v) is 6.63. The first-order chi connectivity index (χ1) is 9.74. The summed E-state index contributed by atoms with van der Waals surface area (Å²) >= 11 is 0. The average molecular weight is 268 g/mol. The Morgan fingerprint density at radius 3 is 2.90 bits per heavy atom. The van der Waals surface area contributed by atoms with Crippen LogP contribution in [0.15, 0.2) is 47.0 Å². The third-order valence-corrected chi connectivity index (χ3v) is 3.32. The molecule has 0 aliphatic carbocycles. The van der Waals surface area contributed by atoms with Gasteiger partial charge in [-0.25, -0.2) is 0 Å². The number of amides is 1. The first-order valence-electron chi connectivity index (χ1n) is 6.63. The molecule has 2 N–H and O–H groups in total. The molecular weight excluding hydrogens is 252 g/mol. The molecule has 0 saturated heterocycles. The van der Waals surface area contributed by atoms with Crippen molar-refractivity contribution in [2.24, 2.45) is 0 Å². The number of carbonyl (C=O) groups excluding carboxylic acids is 1. The Labute approximate surface area is 116 Å². The Kier molecular flexibility index (Phi) is 3.29. The lowest BCUT2D eigenvalue weighted by Gasteiger charge is -2.02. The summed E-state index contributed by atoms with van der Waals surface area (Å²) in [5.74, 6) is 0.936. The molecule has 3 rings (SSSR count). The number of H-pyrrole nitrogens is 1. The van der Waals surface area contributed by atoms with E-state index in [9.17, 15) is 4.79 Å². The van der Waals surface area contributed by atoms with Crippen molar-refractivity contribution in [3.05, 3.63) is 59.7 Å². The standard InChI is InChI=1S/C16H16N2O2/c1-11-6-7-15(20-11)16(19)17-9-8-12-10-18-14-5-3-2-4-13(12)14/h2-7,10,18H,8-9H2,1H3,(H,17,19). The van der Waals surface area contributed by atoms with Crippen LogP contribution < -0.4 is 5.32 Å². The summed E-state index contributed by atoms with van der Waals surface area (Å²) in [6, 6.07) is 11.6. The Hall–Kier alpha value is -2.49. The van der Waals surface area contributed by atoms with Crippen molar-refractivity contribution in [2.75, 3.05) is 6.54 Å². The van der Waals surface area contributed by atoms with E-state index in [1.54, 1.807) is 12.1 Å². The SMILES string of the molecule is Cc1ccc(C(=O)NCCc2c[nH]c3ccccc23)o1. The van der Waals surface area contributed by atoms with Gasteiger partial charge in [0, 0.05) is 23.6 Å².